The van der Waals surface area contributed by atoms with Gasteiger partial charge in [-0.3, -0.25) is 14.4 Å². The van der Waals surface area contributed by atoms with Crippen molar-refractivity contribution in [3.05, 3.63) is 77.6 Å². The number of hydrogen-bond donors (Lipinski definition) is 5. The number of hydrogen-bond acceptors (Lipinski definition) is 9. The second kappa shape index (κ2) is 17.6. The summed E-state index contributed by atoms with van der Waals surface area (Å²) in [6.07, 6.45) is 8.54. The monoisotopic (exact) mass is 705 g/mol. The summed E-state index contributed by atoms with van der Waals surface area (Å²) < 4.78 is 0. The van der Waals surface area contributed by atoms with Gasteiger partial charge in [0.2, 0.25) is 17.6 Å². The number of aryl methyl sites for hydroxylation is 1. The maximum Gasteiger partial charge on any atom is 0.247 e. The molecule has 3 unspecified atom stereocenters. The van der Waals surface area contributed by atoms with Gasteiger partial charge in [0.1, 0.15) is 11.7 Å². The molecule has 2 amide bonds. The molecular weight excluding hydrogens is 654 g/mol. The molecule has 2 aromatic heterocycles. The highest BCUT2D eigenvalue weighted by atomic mass is 16.2. The molecule has 52 heavy (non-hydrogen) atoms. The van der Waals surface area contributed by atoms with Crippen molar-refractivity contribution in [3.63, 3.8) is 0 Å². The van der Waals surface area contributed by atoms with Gasteiger partial charge < -0.3 is 21.7 Å². The molecule has 2 aromatic carbocycles. The number of nitrogens with one attached hydrogen (secondary N) is 4. The molecule has 2 aliphatic rings. The van der Waals surface area contributed by atoms with Crippen molar-refractivity contribution in [1.82, 2.24) is 36.2 Å². The summed E-state index contributed by atoms with van der Waals surface area (Å²) in [6.45, 7) is 5.86. The fraction of sp³-hybridized carbons (Fsp3) is 0.475. The molecule has 1 saturated heterocycles. The molecule has 12 heteroatoms. The summed E-state index contributed by atoms with van der Waals surface area (Å²) in [5.74, 6) is 1.15. The third-order valence-electron chi connectivity index (χ3n) is 10.8. The van der Waals surface area contributed by atoms with Gasteiger partial charge in [0.25, 0.3) is 0 Å². The van der Waals surface area contributed by atoms with Crippen molar-refractivity contribution in [3.8, 4) is 22.5 Å². The number of carbonyl (C=O) groups is 3. The number of pyridine rings is 1. The van der Waals surface area contributed by atoms with Crippen molar-refractivity contribution < 1.29 is 14.4 Å². The van der Waals surface area contributed by atoms with Gasteiger partial charge in [-0.15, -0.1) is 10.2 Å². The van der Waals surface area contributed by atoms with Crippen LogP contribution in [0, 0.1) is 24.7 Å². The number of nitrogens with two attached hydrogens (primary N) is 1. The van der Waals surface area contributed by atoms with E-state index < -0.39 is 6.04 Å². The number of piperidine rings is 1. The van der Waals surface area contributed by atoms with Crippen LogP contribution < -0.4 is 21.7 Å². The Kier molecular flexibility index (Phi) is 12.5. The number of nitrogens with zero attached hydrogens (tertiary/aromatic N) is 4. The zero-order chi connectivity index (χ0) is 36.5. The fourth-order valence-electron chi connectivity index (χ4n) is 7.63. The van der Waals surface area contributed by atoms with E-state index in [-0.39, 0.29) is 23.5 Å². The minimum absolute atomic E-state index is 0.0914. The molecular formula is C40H51N9O3. The van der Waals surface area contributed by atoms with Gasteiger partial charge in [-0.2, -0.15) is 5.21 Å². The van der Waals surface area contributed by atoms with E-state index in [0.717, 1.165) is 73.0 Å². The summed E-state index contributed by atoms with van der Waals surface area (Å²) in [7, 11) is 0. The average Bonchev–Trinajstić information content (AvgIpc) is 3.71. The Labute approximate surface area is 305 Å². The highest BCUT2D eigenvalue weighted by Crippen LogP contribution is 2.29. The normalized spacial score (nSPS) is 20.9. The number of H-pyrrole nitrogens is 1. The van der Waals surface area contributed by atoms with Gasteiger partial charge in [-0.1, -0.05) is 30.3 Å². The Morgan fingerprint density at radius 3 is 2.35 bits per heavy atom. The lowest BCUT2D eigenvalue weighted by Crippen LogP contribution is -2.48. The van der Waals surface area contributed by atoms with Gasteiger partial charge in [0.15, 0.2) is 5.78 Å². The quantitative estimate of drug-likeness (QED) is 0.107. The van der Waals surface area contributed by atoms with Crippen molar-refractivity contribution in [2.24, 2.45) is 23.5 Å². The first-order valence-corrected chi connectivity index (χ1v) is 18.7. The Balaban J connectivity index is 1.10. The van der Waals surface area contributed by atoms with Crippen molar-refractivity contribution in [2.75, 3.05) is 18.4 Å². The Morgan fingerprint density at radius 1 is 0.923 bits per heavy atom. The number of carbonyl (C=O) groups excluding carboxylic acids is 3. The van der Waals surface area contributed by atoms with Crippen LogP contribution in [0.2, 0.25) is 0 Å². The second-order valence-electron chi connectivity index (χ2n) is 14.6. The summed E-state index contributed by atoms with van der Waals surface area (Å²) >= 11 is 0. The van der Waals surface area contributed by atoms with Crippen LogP contribution in [-0.4, -0.2) is 68.4 Å². The molecule has 1 aliphatic heterocycles. The molecule has 1 aliphatic carbocycles. The fourth-order valence-corrected chi connectivity index (χ4v) is 7.63. The van der Waals surface area contributed by atoms with Crippen LogP contribution in [-0.2, 0) is 16.0 Å². The van der Waals surface area contributed by atoms with Gasteiger partial charge in [-0.05, 0) is 137 Å². The molecule has 1 saturated carbocycles. The van der Waals surface area contributed by atoms with E-state index in [1.165, 1.54) is 12.8 Å². The highest BCUT2D eigenvalue weighted by Gasteiger charge is 2.29. The molecule has 3 heterocycles. The maximum absolute atomic E-state index is 13.7. The first kappa shape index (κ1) is 37.0. The third kappa shape index (κ3) is 9.74. The number of amides is 2. The largest absolute Gasteiger partial charge is 0.344 e. The van der Waals surface area contributed by atoms with Crippen LogP contribution in [0.15, 0.2) is 60.7 Å². The number of tetrazole rings is 1. The lowest BCUT2D eigenvalue weighted by Gasteiger charge is -2.28. The lowest BCUT2D eigenvalue weighted by atomic mass is 9.81. The summed E-state index contributed by atoms with van der Waals surface area (Å²) in [4.78, 5) is 44.8. The summed E-state index contributed by atoms with van der Waals surface area (Å²) in [5, 5.41) is 23.6. The molecule has 4 aromatic rings. The Bertz CT molecular complexity index is 1790. The van der Waals surface area contributed by atoms with E-state index in [1.54, 1.807) is 24.3 Å². The number of ketones is 1. The van der Waals surface area contributed by atoms with Crippen molar-refractivity contribution in [1.29, 1.82) is 0 Å². The predicted octanol–water partition coefficient (Wildman–Crippen LogP) is 5.41. The van der Waals surface area contributed by atoms with E-state index in [1.807, 2.05) is 43.3 Å². The Morgan fingerprint density at radius 2 is 1.67 bits per heavy atom. The smallest absolute Gasteiger partial charge is 0.247 e. The number of aromatic amines is 1. The van der Waals surface area contributed by atoms with E-state index in [9.17, 15) is 14.4 Å². The van der Waals surface area contributed by atoms with E-state index in [4.69, 9.17) is 5.73 Å². The van der Waals surface area contributed by atoms with Crippen LogP contribution in [0.1, 0.15) is 86.5 Å². The minimum Gasteiger partial charge on any atom is -0.344 e. The molecule has 6 rings (SSSR count). The van der Waals surface area contributed by atoms with Gasteiger partial charge in [0, 0.05) is 47.3 Å². The zero-order valence-corrected chi connectivity index (χ0v) is 30.2. The van der Waals surface area contributed by atoms with Crippen LogP contribution in [0.4, 0.5) is 5.69 Å². The van der Waals surface area contributed by atoms with E-state index in [2.05, 4.69) is 48.5 Å². The van der Waals surface area contributed by atoms with Gasteiger partial charge in [-0.25, -0.2) is 4.98 Å². The summed E-state index contributed by atoms with van der Waals surface area (Å²) in [6, 6.07) is 18.7. The van der Waals surface area contributed by atoms with Gasteiger partial charge >= 0.3 is 0 Å². The molecule has 274 valence electrons. The molecule has 0 radical (unpaired) electrons. The van der Waals surface area contributed by atoms with Gasteiger partial charge in [0.05, 0.1) is 0 Å². The summed E-state index contributed by atoms with van der Waals surface area (Å²) in [5.41, 5.74) is 11.4. The van der Waals surface area contributed by atoms with Crippen LogP contribution in [0.25, 0.3) is 22.5 Å². The van der Waals surface area contributed by atoms with Crippen LogP contribution in [0.3, 0.4) is 0 Å². The SMILES string of the molecule is Cc1nc(C(=O)CCCC2CCNC(C)C2)ccc1-c1ccc(CC(NC(=O)C2CCC(CN)CC2)C(=O)Nc2ccc(-c3nn[nH]n3)cc2)cc1. The predicted molar refractivity (Wildman–Crippen MR) is 201 cm³/mol. The van der Waals surface area contributed by atoms with E-state index >= 15 is 0 Å². The van der Waals surface area contributed by atoms with Crippen LogP contribution >= 0.6 is 0 Å². The zero-order valence-electron chi connectivity index (χ0n) is 30.2. The lowest BCUT2D eigenvalue weighted by molar-refractivity contribution is -0.130. The Hall–Kier alpha value is -4.81. The first-order chi connectivity index (χ1) is 25.2. The number of Topliss-reactive ketones (excluding diaryl/α,β-unsaturated/α-hetero) is 1. The third-order valence-corrected chi connectivity index (χ3v) is 10.8. The molecule has 3 atom stereocenters. The molecule has 0 spiro atoms. The second-order valence-corrected chi connectivity index (χ2v) is 14.6. The number of anilines is 1. The number of benzene rings is 2. The maximum atomic E-state index is 13.7. The standard InChI is InChI=1S/C40H51N9O3/c1-25-22-27(20-21-42-25)4-3-5-37(50)35-19-18-34(26(2)43-35)30-10-6-28(7-11-30)23-36(45-39(51)32-12-8-29(24-41)9-13-32)40(52)44-33-16-14-31(15-17-33)38-46-48-49-47-38/h6-7,10-11,14-19,25,27,29,32,36,42H,3-5,8-9,12-13,20-24,41H2,1-2H3,(H,44,52)(H,45,51)(H,46,47,48,49). The first-order valence-electron chi connectivity index (χ1n) is 18.7. The van der Waals surface area contributed by atoms with E-state index in [0.29, 0.717) is 54.5 Å². The van der Waals surface area contributed by atoms with Crippen molar-refractivity contribution >= 4 is 23.3 Å². The minimum atomic E-state index is -0.783. The molecule has 0 bridgehead atoms. The average molecular weight is 706 g/mol. The molecule has 12 nitrogen and oxygen atoms in total. The topological polar surface area (TPSA) is 181 Å². The van der Waals surface area contributed by atoms with Crippen LogP contribution in [0.5, 0.6) is 0 Å². The molecule has 2 fully saturated rings. The van der Waals surface area contributed by atoms with Crippen molar-refractivity contribution in [2.45, 2.75) is 90.1 Å². The number of aromatic nitrogens is 5. The number of rotatable bonds is 14. The molecule has 6 N–H and O–H groups in total. The highest BCUT2D eigenvalue weighted by molar-refractivity contribution is 5.98.